The molecule has 5 heteroatoms. The van der Waals surface area contributed by atoms with Crippen LogP contribution in [0, 0.1) is 0 Å². The summed E-state index contributed by atoms with van der Waals surface area (Å²) >= 11 is 1.39. The molecule has 66 valence electrons. The monoisotopic (exact) mass is 194 g/mol. The Hall–Kier alpha value is -1.62. The Morgan fingerprint density at radius 3 is 3.15 bits per heavy atom. The summed E-state index contributed by atoms with van der Waals surface area (Å²) in [5.41, 5.74) is 0.568. The highest BCUT2D eigenvalue weighted by Crippen LogP contribution is 2.11. The Bertz CT molecular complexity index is 380. The molecule has 1 amide bonds. The van der Waals surface area contributed by atoms with E-state index in [-0.39, 0.29) is 5.91 Å². The lowest BCUT2D eigenvalue weighted by atomic mass is 10.4. The van der Waals surface area contributed by atoms with Gasteiger partial charge in [0.2, 0.25) is 0 Å². The van der Waals surface area contributed by atoms with E-state index in [1.807, 2.05) is 11.4 Å². The summed E-state index contributed by atoms with van der Waals surface area (Å²) in [7, 11) is 0. The first-order valence-corrected chi connectivity index (χ1v) is 4.48. The molecule has 0 spiro atoms. The summed E-state index contributed by atoms with van der Waals surface area (Å²) in [6, 6.07) is 3.58. The standard InChI is InChI=1S/C8H6N2O2S/c11-8(7-2-1-3-13-7)10-6-4-9-12-5-6/h1-5H,(H,10,11). The molecule has 0 aliphatic rings. The second-order valence-corrected chi connectivity index (χ2v) is 3.29. The number of anilines is 1. The van der Waals surface area contributed by atoms with Crippen molar-refractivity contribution in [2.24, 2.45) is 0 Å². The van der Waals surface area contributed by atoms with Gasteiger partial charge < -0.3 is 9.84 Å². The van der Waals surface area contributed by atoms with Gasteiger partial charge in [-0.15, -0.1) is 11.3 Å². The van der Waals surface area contributed by atoms with Crippen molar-refractivity contribution in [3.63, 3.8) is 0 Å². The quantitative estimate of drug-likeness (QED) is 0.795. The molecule has 0 aliphatic heterocycles. The van der Waals surface area contributed by atoms with Crippen molar-refractivity contribution in [1.82, 2.24) is 5.16 Å². The first-order chi connectivity index (χ1) is 6.36. The molecule has 4 nitrogen and oxygen atoms in total. The van der Waals surface area contributed by atoms with E-state index in [1.165, 1.54) is 23.8 Å². The maximum Gasteiger partial charge on any atom is 0.265 e. The van der Waals surface area contributed by atoms with Gasteiger partial charge in [0.05, 0.1) is 11.1 Å². The number of amides is 1. The topological polar surface area (TPSA) is 55.1 Å². The molecule has 0 fully saturated rings. The lowest BCUT2D eigenvalue weighted by molar-refractivity contribution is 0.103. The predicted octanol–water partition coefficient (Wildman–Crippen LogP) is 1.99. The van der Waals surface area contributed by atoms with Gasteiger partial charge in [0.1, 0.15) is 12.0 Å². The summed E-state index contributed by atoms with van der Waals surface area (Å²) in [6.45, 7) is 0. The molecule has 0 aromatic carbocycles. The van der Waals surface area contributed by atoms with Gasteiger partial charge in [0.25, 0.3) is 5.91 Å². The predicted molar refractivity (Wildman–Crippen MR) is 48.8 cm³/mol. The smallest absolute Gasteiger partial charge is 0.265 e. The Morgan fingerprint density at radius 1 is 1.62 bits per heavy atom. The molecule has 0 saturated heterocycles. The maximum absolute atomic E-state index is 11.4. The highest BCUT2D eigenvalue weighted by molar-refractivity contribution is 7.12. The molecular weight excluding hydrogens is 188 g/mol. The SMILES string of the molecule is O=C(Nc1cnoc1)c1cccs1. The second kappa shape index (κ2) is 3.40. The molecule has 2 rings (SSSR count). The number of nitrogens with one attached hydrogen (secondary N) is 1. The van der Waals surface area contributed by atoms with Gasteiger partial charge in [0, 0.05) is 0 Å². The number of thiophene rings is 1. The van der Waals surface area contributed by atoms with Crippen LogP contribution in [0.25, 0.3) is 0 Å². The van der Waals surface area contributed by atoms with Crippen LogP contribution in [-0.2, 0) is 0 Å². The van der Waals surface area contributed by atoms with Crippen LogP contribution >= 0.6 is 11.3 Å². The Balaban J connectivity index is 2.08. The lowest BCUT2D eigenvalue weighted by Crippen LogP contribution is -2.09. The van der Waals surface area contributed by atoms with E-state index in [4.69, 9.17) is 0 Å². The third-order valence-electron chi connectivity index (χ3n) is 1.44. The largest absolute Gasteiger partial charge is 0.363 e. The Labute approximate surface area is 78.2 Å². The van der Waals surface area contributed by atoms with Crippen LogP contribution in [-0.4, -0.2) is 11.1 Å². The molecule has 2 aromatic heterocycles. The first kappa shape index (κ1) is 8.00. The Kier molecular flexibility index (Phi) is 2.09. The molecule has 0 aliphatic carbocycles. The highest BCUT2D eigenvalue weighted by atomic mass is 32.1. The fraction of sp³-hybridized carbons (Fsp3) is 0. The molecule has 1 N–H and O–H groups in total. The van der Waals surface area contributed by atoms with Crippen molar-refractivity contribution in [1.29, 1.82) is 0 Å². The average molecular weight is 194 g/mol. The van der Waals surface area contributed by atoms with Crippen molar-refractivity contribution in [3.8, 4) is 0 Å². The third-order valence-corrected chi connectivity index (χ3v) is 2.30. The number of aromatic nitrogens is 1. The third kappa shape index (κ3) is 1.75. The molecule has 0 radical (unpaired) electrons. The number of carbonyl (C=O) groups is 1. The van der Waals surface area contributed by atoms with Crippen LogP contribution in [0.5, 0.6) is 0 Å². The first-order valence-electron chi connectivity index (χ1n) is 3.60. The molecule has 0 saturated carbocycles. The number of hydrogen-bond acceptors (Lipinski definition) is 4. The molecule has 2 heterocycles. The van der Waals surface area contributed by atoms with Crippen LogP contribution in [0.15, 0.2) is 34.5 Å². The van der Waals surface area contributed by atoms with E-state index < -0.39 is 0 Å². The number of rotatable bonds is 2. The zero-order valence-corrected chi connectivity index (χ0v) is 7.38. The number of nitrogens with zero attached hydrogens (tertiary/aromatic N) is 1. The van der Waals surface area contributed by atoms with E-state index in [9.17, 15) is 4.79 Å². The molecule has 0 bridgehead atoms. The average Bonchev–Trinajstić information content (AvgIpc) is 2.74. The minimum absolute atomic E-state index is 0.141. The molecule has 2 aromatic rings. The van der Waals surface area contributed by atoms with E-state index in [1.54, 1.807) is 6.07 Å². The summed E-state index contributed by atoms with van der Waals surface area (Å²) < 4.78 is 4.57. The van der Waals surface area contributed by atoms with Gasteiger partial charge >= 0.3 is 0 Å². The fourth-order valence-corrected chi connectivity index (χ4v) is 1.49. The second-order valence-electron chi connectivity index (χ2n) is 2.34. The van der Waals surface area contributed by atoms with Crippen LogP contribution in [0.1, 0.15) is 9.67 Å². The number of carbonyl (C=O) groups excluding carboxylic acids is 1. The fourth-order valence-electron chi connectivity index (χ4n) is 0.867. The summed E-state index contributed by atoms with van der Waals surface area (Å²) in [5.74, 6) is -0.141. The van der Waals surface area contributed by atoms with E-state index in [0.717, 1.165) is 0 Å². The van der Waals surface area contributed by atoms with Gasteiger partial charge in [-0.05, 0) is 11.4 Å². The summed E-state index contributed by atoms with van der Waals surface area (Å²) in [4.78, 5) is 12.1. The van der Waals surface area contributed by atoms with Gasteiger partial charge in [-0.25, -0.2) is 0 Å². The highest BCUT2D eigenvalue weighted by Gasteiger charge is 2.06. The molecule has 0 unspecified atom stereocenters. The van der Waals surface area contributed by atoms with Crippen molar-refractivity contribution >= 4 is 22.9 Å². The van der Waals surface area contributed by atoms with Crippen molar-refractivity contribution in [3.05, 3.63) is 34.8 Å². The molecular formula is C8H6N2O2S. The van der Waals surface area contributed by atoms with E-state index in [0.29, 0.717) is 10.6 Å². The summed E-state index contributed by atoms with van der Waals surface area (Å²) in [6.07, 6.45) is 2.83. The Morgan fingerprint density at radius 2 is 2.54 bits per heavy atom. The van der Waals surface area contributed by atoms with Crippen LogP contribution in [0.2, 0.25) is 0 Å². The minimum Gasteiger partial charge on any atom is -0.363 e. The zero-order valence-electron chi connectivity index (χ0n) is 6.56. The van der Waals surface area contributed by atoms with Gasteiger partial charge in [0.15, 0.2) is 0 Å². The van der Waals surface area contributed by atoms with Crippen LogP contribution < -0.4 is 5.32 Å². The summed E-state index contributed by atoms with van der Waals surface area (Å²) in [5, 5.41) is 7.96. The van der Waals surface area contributed by atoms with Crippen molar-refractivity contribution in [2.75, 3.05) is 5.32 Å². The van der Waals surface area contributed by atoms with Gasteiger partial charge in [-0.1, -0.05) is 11.2 Å². The number of hydrogen-bond donors (Lipinski definition) is 1. The maximum atomic E-state index is 11.4. The van der Waals surface area contributed by atoms with Crippen molar-refractivity contribution < 1.29 is 9.32 Å². The molecule has 13 heavy (non-hydrogen) atoms. The molecule has 0 atom stereocenters. The van der Waals surface area contributed by atoms with E-state index >= 15 is 0 Å². The zero-order chi connectivity index (χ0) is 9.10. The van der Waals surface area contributed by atoms with E-state index in [2.05, 4.69) is 15.0 Å². The van der Waals surface area contributed by atoms with Crippen LogP contribution in [0.4, 0.5) is 5.69 Å². The van der Waals surface area contributed by atoms with Gasteiger partial charge in [-0.3, -0.25) is 4.79 Å². The van der Waals surface area contributed by atoms with Gasteiger partial charge in [-0.2, -0.15) is 0 Å². The van der Waals surface area contributed by atoms with Crippen molar-refractivity contribution in [2.45, 2.75) is 0 Å². The van der Waals surface area contributed by atoms with Crippen LogP contribution in [0.3, 0.4) is 0 Å². The normalized spacial score (nSPS) is 9.85. The minimum atomic E-state index is -0.141. The lowest BCUT2D eigenvalue weighted by Gasteiger charge is -1.96.